The predicted octanol–water partition coefficient (Wildman–Crippen LogP) is 12.2. The minimum absolute atomic E-state index is 0.411. The number of nitrogens with zero attached hydrogens (tertiary/aromatic N) is 4. The van der Waals surface area contributed by atoms with Gasteiger partial charge in [-0.2, -0.15) is 5.10 Å². The van der Waals surface area contributed by atoms with Crippen LogP contribution in [-0.4, -0.2) is 19.3 Å². The third-order valence-electron chi connectivity index (χ3n) is 10.0. The van der Waals surface area contributed by atoms with Gasteiger partial charge in [0.05, 0.1) is 22.9 Å². The van der Waals surface area contributed by atoms with Gasteiger partial charge in [0.15, 0.2) is 0 Å². The molecule has 0 radical (unpaired) electrons. The standard InChI is InChI=1S/C45H48N4O/c1-7-9-16-38-31(5)24-32(6)39(17-10-8-2)45(38)34-28-47-48(29-34)35-14-13-15-36(26-35)50-37-20-21-41-40-18-11-12-19-42(40)49(43(41)27-37)44-25-33(30(3)4)22-23-46-44/h11-15,18-30H,7-10,16-17H2,1-6H3. The lowest BCUT2D eigenvalue weighted by atomic mass is 9.85. The highest BCUT2D eigenvalue weighted by Gasteiger charge is 2.19. The number of hydrogen-bond acceptors (Lipinski definition) is 3. The number of fused-ring (bicyclic) bond motifs is 3. The van der Waals surface area contributed by atoms with Crippen molar-refractivity contribution in [2.24, 2.45) is 0 Å². The summed E-state index contributed by atoms with van der Waals surface area (Å²) in [4.78, 5) is 4.81. The number of aryl methyl sites for hydroxylation is 2. The van der Waals surface area contributed by atoms with Gasteiger partial charge >= 0.3 is 0 Å². The minimum Gasteiger partial charge on any atom is -0.457 e. The topological polar surface area (TPSA) is 44.9 Å². The van der Waals surface area contributed by atoms with Gasteiger partial charge in [-0.1, -0.05) is 70.9 Å². The van der Waals surface area contributed by atoms with E-state index >= 15 is 0 Å². The van der Waals surface area contributed by atoms with Gasteiger partial charge in [0, 0.05) is 40.9 Å². The maximum absolute atomic E-state index is 6.57. The van der Waals surface area contributed by atoms with Crippen LogP contribution in [-0.2, 0) is 12.8 Å². The van der Waals surface area contributed by atoms with E-state index in [1.165, 1.54) is 75.4 Å². The van der Waals surface area contributed by atoms with E-state index in [1.54, 1.807) is 0 Å². The van der Waals surface area contributed by atoms with Gasteiger partial charge in [0.1, 0.15) is 17.3 Å². The van der Waals surface area contributed by atoms with Gasteiger partial charge in [-0.15, -0.1) is 0 Å². The number of ether oxygens (including phenoxy) is 1. The zero-order valence-corrected chi connectivity index (χ0v) is 30.3. The number of pyridine rings is 1. The molecule has 4 aromatic carbocycles. The molecule has 0 aliphatic carbocycles. The number of para-hydroxylation sites is 1. The molecule has 0 fully saturated rings. The van der Waals surface area contributed by atoms with Gasteiger partial charge in [-0.05, 0) is 121 Å². The first-order chi connectivity index (χ1) is 24.4. The molecule has 0 amide bonds. The minimum atomic E-state index is 0.411. The fourth-order valence-corrected chi connectivity index (χ4v) is 7.37. The van der Waals surface area contributed by atoms with Gasteiger partial charge in [0.2, 0.25) is 0 Å². The van der Waals surface area contributed by atoms with Gasteiger partial charge < -0.3 is 4.74 Å². The van der Waals surface area contributed by atoms with Crippen molar-refractivity contribution in [3.8, 4) is 34.1 Å². The van der Waals surface area contributed by atoms with Crippen LogP contribution in [0, 0.1) is 13.8 Å². The Balaban J connectivity index is 1.24. The van der Waals surface area contributed by atoms with Gasteiger partial charge in [0.25, 0.3) is 0 Å². The first kappa shape index (κ1) is 33.3. The van der Waals surface area contributed by atoms with Crippen molar-refractivity contribution in [2.75, 3.05) is 0 Å². The molecule has 0 aliphatic heterocycles. The average molecular weight is 661 g/mol. The molecule has 0 saturated carbocycles. The maximum atomic E-state index is 6.57. The summed E-state index contributed by atoms with van der Waals surface area (Å²) in [6, 6.07) is 29.8. The van der Waals surface area contributed by atoms with Crippen molar-refractivity contribution in [1.82, 2.24) is 19.3 Å². The lowest BCUT2D eigenvalue weighted by Gasteiger charge is -2.19. The lowest BCUT2D eigenvalue weighted by Crippen LogP contribution is -2.03. The van der Waals surface area contributed by atoms with Crippen LogP contribution in [0.25, 0.3) is 44.4 Å². The van der Waals surface area contributed by atoms with Crippen LogP contribution < -0.4 is 4.74 Å². The molecule has 0 bridgehead atoms. The van der Waals surface area contributed by atoms with Crippen LogP contribution in [0.4, 0.5) is 0 Å². The fraction of sp³-hybridized carbons (Fsp3) is 0.289. The molecule has 0 aliphatic rings. The van der Waals surface area contributed by atoms with Gasteiger partial charge in [-0.25, -0.2) is 9.67 Å². The van der Waals surface area contributed by atoms with Crippen LogP contribution in [0.1, 0.15) is 87.1 Å². The third-order valence-corrected chi connectivity index (χ3v) is 10.0. The number of aromatic nitrogens is 4. The molecule has 7 aromatic rings. The Kier molecular flexibility index (Phi) is 9.58. The van der Waals surface area contributed by atoms with Crippen molar-refractivity contribution in [1.29, 1.82) is 0 Å². The monoisotopic (exact) mass is 660 g/mol. The molecule has 3 heterocycles. The molecule has 7 rings (SSSR count). The van der Waals surface area contributed by atoms with E-state index in [4.69, 9.17) is 14.8 Å². The maximum Gasteiger partial charge on any atom is 0.137 e. The summed E-state index contributed by atoms with van der Waals surface area (Å²) in [6.07, 6.45) is 13.1. The Morgan fingerprint density at radius 3 is 2.18 bits per heavy atom. The summed E-state index contributed by atoms with van der Waals surface area (Å²) < 4.78 is 10.8. The second-order valence-electron chi connectivity index (χ2n) is 14.0. The summed E-state index contributed by atoms with van der Waals surface area (Å²) in [5.41, 5.74) is 12.7. The van der Waals surface area contributed by atoms with Crippen molar-refractivity contribution in [3.05, 3.63) is 131 Å². The first-order valence-electron chi connectivity index (χ1n) is 18.3. The summed E-state index contributed by atoms with van der Waals surface area (Å²) in [5.74, 6) is 2.86. The largest absolute Gasteiger partial charge is 0.457 e. The second kappa shape index (κ2) is 14.4. The molecule has 0 spiro atoms. The van der Waals surface area contributed by atoms with E-state index in [-0.39, 0.29) is 0 Å². The molecule has 0 N–H and O–H groups in total. The van der Waals surface area contributed by atoms with Crippen LogP contribution in [0.2, 0.25) is 0 Å². The molecular weight excluding hydrogens is 613 g/mol. The Bertz CT molecular complexity index is 2260. The highest BCUT2D eigenvalue weighted by atomic mass is 16.5. The van der Waals surface area contributed by atoms with Crippen molar-refractivity contribution >= 4 is 21.8 Å². The van der Waals surface area contributed by atoms with Crippen LogP contribution in [0.5, 0.6) is 11.5 Å². The highest BCUT2D eigenvalue weighted by molar-refractivity contribution is 6.09. The highest BCUT2D eigenvalue weighted by Crippen LogP contribution is 2.37. The Morgan fingerprint density at radius 2 is 1.44 bits per heavy atom. The number of hydrogen-bond donors (Lipinski definition) is 0. The Morgan fingerprint density at radius 1 is 0.720 bits per heavy atom. The first-order valence-corrected chi connectivity index (χ1v) is 18.3. The van der Waals surface area contributed by atoms with E-state index in [0.717, 1.165) is 46.9 Å². The van der Waals surface area contributed by atoms with E-state index in [1.807, 2.05) is 29.2 Å². The molecule has 0 atom stereocenters. The predicted molar refractivity (Wildman–Crippen MR) is 208 cm³/mol. The number of rotatable bonds is 12. The zero-order chi connectivity index (χ0) is 34.8. The quantitative estimate of drug-likeness (QED) is 0.131. The SMILES string of the molecule is CCCCc1c(C)cc(C)c(CCCC)c1-c1cnn(-c2cccc(Oc3ccc4c5ccccc5n(-c5cc(C(C)C)ccn5)c4c3)c2)c1. The van der Waals surface area contributed by atoms with Gasteiger partial charge in [-0.3, -0.25) is 4.57 Å². The molecule has 5 heteroatoms. The van der Waals surface area contributed by atoms with Crippen molar-refractivity contribution in [2.45, 2.75) is 86.0 Å². The lowest BCUT2D eigenvalue weighted by molar-refractivity contribution is 0.483. The normalized spacial score (nSPS) is 11.7. The molecule has 3 aromatic heterocycles. The van der Waals surface area contributed by atoms with Crippen molar-refractivity contribution < 1.29 is 4.74 Å². The smallest absolute Gasteiger partial charge is 0.137 e. The Hall–Kier alpha value is -5.16. The van der Waals surface area contributed by atoms with Crippen molar-refractivity contribution in [3.63, 3.8) is 0 Å². The zero-order valence-electron chi connectivity index (χ0n) is 30.3. The molecule has 5 nitrogen and oxygen atoms in total. The number of unbranched alkanes of at least 4 members (excludes halogenated alkanes) is 2. The third kappa shape index (κ3) is 6.45. The summed E-state index contributed by atoms with van der Waals surface area (Å²) >= 11 is 0. The molecule has 0 unspecified atom stereocenters. The van der Waals surface area contributed by atoms with E-state index in [9.17, 15) is 0 Å². The molecule has 50 heavy (non-hydrogen) atoms. The van der Waals surface area contributed by atoms with Crippen LogP contribution in [0.15, 0.2) is 104 Å². The van der Waals surface area contributed by atoms with E-state index < -0.39 is 0 Å². The molecule has 0 saturated heterocycles. The molecular formula is C45H48N4O. The summed E-state index contributed by atoms with van der Waals surface area (Å²) in [5, 5.41) is 7.26. The second-order valence-corrected chi connectivity index (χ2v) is 14.0. The van der Waals surface area contributed by atoms with Crippen LogP contribution in [0.3, 0.4) is 0 Å². The van der Waals surface area contributed by atoms with E-state index in [2.05, 4.69) is 125 Å². The molecule has 254 valence electrons. The summed E-state index contributed by atoms with van der Waals surface area (Å²) in [6.45, 7) is 13.5. The fourth-order valence-electron chi connectivity index (χ4n) is 7.37. The average Bonchev–Trinajstić information content (AvgIpc) is 3.74. The van der Waals surface area contributed by atoms with Crippen LogP contribution >= 0.6 is 0 Å². The Labute approximate surface area is 296 Å². The summed E-state index contributed by atoms with van der Waals surface area (Å²) in [7, 11) is 0. The van der Waals surface area contributed by atoms with E-state index in [0.29, 0.717) is 5.92 Å². The number of benzene rings is 4.